The van der Waals surface area contributed by atoms with Gasteiger partial charge in [0.15, 0.2) is 0 Å². The lowest BCUT2D eigenvalue weighted by Crippen LogP contribution is -2.60. The zero-order valence-corrected chi connectivity index (χ0v) is 38.9. The minimum Gasteiger partial charge on any atom is -0.311 e. The van der Waals surface area contributed by atoms with Gasteiger partial charge >= 0.3 is 0 Å². The minimum absolute atomic E-state index is 0.0505. The Balaban J connectivity index is 0.836. The van der Waals surface area contributed by atoms with Gasteiger partial charge in [0.1, 0.15) is 8.07 Å². The molecule has 0 atom stereocenters. The Morgan fingerprint density at radius 3 is 1.69 bits per heavy atom. The van der Waals surface area contributed by atoms with Crippen LogP contribution in [0.2, 0.25) is 12.1 Å². The largest absolute Gasteiger partial charge is 0.311 e. The van der Waals surface area contributed by atoms with Crippen LogP contribution in [0.5, 0.6) is 0 Å². The Morgan fingerprint density at radius 2 is 1.02 bits per heavy atom. The molecule has 8 aromatic carbocycles. The molecule has 6 aliphatic rings. The number of fused-ring (bicyclic) bond motifs is 14. The van der Waals surface area contributed by atoms with Crippen LogP contribution in [0.15, 0.2) is 180 Å². The third-order valence-corrected chi connectivity index (χ3v) is 26.5. The number of para-hydroxylation sites is 4. The fourth-order valence-corrected chi connectivity index (χ4v) is 24.0. The number of hydrogen-bond donors (Lipinski definition) is 0. The van der Waals surface area contributed by atoms with E-state index in [1.165, 1.54) is 148 Å². The highest BCUT2D eigenvalue weighted by molar-refractivity contribution is 8.34. The summed E-state index contributed by atoms with van der Waals surface area (Å²) in [6.45, 7) is 0. The number of nitrogens with zero attached hydrogens (tertiary/aromatic N) is 2. The van der Waals surface area contributed by atoms with E-state index in [4.69, 9.17) is 0 Å². The van der Waals surface area contributed by atoms with E-state index in [-0.39, 0.29) is 5.41 Å². The summed E-state index contributed by atoms with van der Waals surface area (Å²) < 4.78 is 0. The van der Waals surface area contributed by atoms with Gasteiger partial charge in [-0.15, -0.1) is 0 Å². The Labute approximate surface area is 386 Å². The maximum absolute atomic E-state index is 2.63. The first-order chi connectivity index (χ1) is 32.2. The summed E-state index contributed by atoms with van der Waals surface area (Å²) in [5.74, 6) is 2.61. The van der Waals surface area contributed by atoms with Crippen LogP contribution in [0.3, 0.4) is 0 Å². The fourth-order valence-electron chi connectivity index (χ4n) is 14.0. The van der Waals surface area contributed by atoms with Crippen molar-refractivity contribution in [3.63, 3.8) is 0 Å². The van der Waals surface area contributed by atoms with Crippen LogP contribution < -0.4 is 20.2 Å². The van der Waals surface area contributed by atoms with Gasteiger partial charge in [-0.1, -0.05) is 153 Å². The van der Waals surface area contributed by atoms with E-state index < -0.39 is 18.1 Å². The second kappa shape index (κ2) is 14.5. The normalized spacial score (nSPS) is 19.4. The average Bonchev–Trinajstić information content (AvgIpc) is 4.21. The van der Waals surface area contributed by atoms with E-state index in [2.05, 4.69) is 192 Å². The Morgan fingerprint density at radius 1 is 0.446 bits per heavy atom. The van der Waals surface area contributed by atoms with Crippen molar-refractivity contribution in [2.75, 3.05) is 21.3 Å². The Kier molecular flexibility index (Phi) is 8.50. The van der Waals surface area contributed by atoms with Crippen molar-refractivity contribution in [2.45, 2.75) is 78.7 Å². The lowest BCUT2D eigenvalue weighted by atomic mass is 9.76. The van der Waals surface area contributed by atoms with Gasteiger partial charge in [-0.25, -0.2) is 0 Å². The number of hydrogen-bond acceptors (Lipinski definition) is 2. The molecule has 2 aliphatic carbocycles. The number of anilines is 6. The van der Waals surface area contributed by atoms with Crippen LogP contribution in [-0.2, 0) is 5.41 Å². The van der Waals surface area contributed by atoms with Crippen molar-refractivity contribution in [2.24, 2.45) is 0 Å². The molecule has 8 aromatic rings. The smallest absolute Gasteiger partial charge is 0.123 e. The van der Waals surface area contributed by atoms with Crippen molar-refractivity contribution in [1.82, 2.24) is 0 Å². The summed E-state index contributed by atoms with van der Waals surface area (Å²) in [5.41, 5.74) is 16.7. The zero-order chi connectivity index (χ0) is 42.7. The van der Waals surface area contributed by atoms with Crippen molar-refractivity contribution >= 4 is 85.5 Å². The van der Waals surface area contributed by atoms with Gasteiger partial charge in [0, 0.05) is 37.7 Å². The summed E-state index contributed by atoms with van der Waals surface area (Å²) in [7, 11) is -2.83. The molecule has 4 heterocycles. The molecule has 318 valence electrons. The molecule has 65 heavy (non-hydrogen) atoms. The molecule has 0 unspecified atom stereocenters. The first-order valence-electron chi connectivity index (χ1n) is 24.4. The molecule has 3 fully saturated rings. The second-order valence-corrected chi connectivity index (χ2v) is 27.5. The van der Waals surface area contributed by atoms with Crippen molar-refractivity contribution in [3.8, 4) is 11.1 Å². The van der Waals surface area contributed by atoms with E-state index in [1.54, 1.807) is 25.7 Å². The summed E-state index contributed by atoms with van der Waals surface area (Å²) in [6.07, 6.45) is 15.1. The van der Waals surface area contributed by atoms with E-state index >= 15 is 0 Å². The van der Waals surface area contributed by atoms with Gasteiger partial charge in [0.05, 0.1) is 17.1 Å². The van der Waals surface area contributed by atoms with Crippen LogP contribution in [0.25, 0.3) is 34.1 Å². The first kappa shape index (κ1) is 38.2. The summed E-state index contributed by atoms with van der Waals surface area (Å²) in [5, 5.41) is 5.88. The zero-order valence-electron chi connectivity index (χ0n) is 37.1. The Hall–Kier alpha value is -6.07. The third-order valence-electron chi connectivity index (χ3n) is 16.8. The summed E-state index contributed by atoms with van der Waals surface area (Å²) >= 11 is 0. The van der Waals surface area contributed by atoms with Gasteiger partial charge < -0.3 is 9.80 Å². The van der Waals surface area contributed by atoms with Crippen LogP contribution in [-0.4, -0.2) is 19.6 Å². The van der Waals surface area contributed by atoms with E-state index in [0.717, 1.165) is 0 Å². The maximum Gasteiger partial charge on any atom is 0.123 e. The molecule has 4 heteroatoms. The highest BCUT2D eigenvalue weighted by atomic mass is 32.3. The first-order valence-corrected chi connectivity index (χ1v) is 28.8. The van der Waals surface area contributed by atoms with Gasteiger partial charge in [-0.05, 0) is 153 Å². The topological polar surface area (TPSA) is 6.48 Å². The van der Waals surface area contributed by atoms with Crippen LogP contribution in [0.1, 0.15) is 73.6 Å². The summed E-state index contributed by atoms with van der Waals surface area (Å²) in [4.78, 5) is 8.35. The van der Waals surface area contributed by atoms with Crippen LogP contribution >= 0.6 is 10.0 Å². The molecular formula is C61H54N2SSi. The van der Waals surface area contributed by atoms with Gasteiger partial charge in [-0.3, -0.25) is 0 Å². The molecule has 2 nitrogen and oxygen atoms in total. The average molecular weight is 875 g/mol. The molecule has 0 bridgehead atoms. The van der Waals surface area contributed by atoms with Gasteiger partial charge in [0.25, 0.3) is 0 Å². The van der Waals surface area contributed by atoms with Gasteiger partial charge in [0.2, 0.25) is 0 Å². The van der Waals surface area contributed by atoms with E-state index in [9.17, 15) is 0 Å². The molecule has 0 radical (unpaired) electrons. The van der Waals surface area contributed by atoms with Crippen molar-refractivity contribution in [1.29, 1.82) is 0 Å². The summed E-state index contributed by atoms with van der Waals surface area (Å²) in [6, 6.07) is 69.0. The molecule has 14 rings (SSSR count). The number of benzene rings is 8. The third kappa shape index (κ3) is 5.36. The molecule has 0 amide bonds. The molecule has 3 spiro atoms. The Bertz CT molecular complexity index is 3170. The van der Waals surface area contributed by atoms with Crippen molar-refractivity contribution < 1.29 is 0 Å². The lowest BCUT2D eigenvalue weighted by molar-refractivity contribution is 0.550. The fraction of sp³-hybridized carbons (Fsp3) is 0.213. The van der Waals surface area contributed by atoms with E-state index in [0.29, 0.717) is 0 Å². The monoisotopic (exact) mass is 874 g/mol. The molecular weight excluding hydrogens is 821 g/mol. The van der Waals surface area contributed by atoms with Crippen LogP contribution in [0, 0.1) is 0 Å². The molecule has 2 saturated heterocycles. The predicted octanol–water partition coefficient (Wildman–Crippen LogP) is 15.8. The van der Waals surface area contributed by atoms with Gasteiger partial charge in [-0.2, -0.15) is 10.0 Å². The standard InChI is InChI=1S/C61H54N2SSi/c1-2-18-49-46(17-1)44(30-34-52(49)63-53-19-3-7-23-57(53)64(37-13-14-38-64)58-24-8-4-20-54(58)63)29-27-43-28-32-47-48-33-31-45(42-51(48)61(50(47)41-43)35-11-12-36-61)62-55-21-5-9-25-59(55)65(39-15-16-40-65)60-26-10-6-22-56(60)62/h1-10,17-34,41-42H,11-16,35-40H2. The van der Waals surface area contributed by atoms with Crippen LogP contribution in [0.4, 0.5) is 34.1 Å². The SMILES string of the molecule is C(=Cc1ccc(N2c3ccccc3S3(CCCC3)c3ccccc32)c2ccccc12)c1ccc2c(c1)C1(CCCC1)c1cc(N3c4ccccc4[Si]4(CCCC4)c4ccccc43)ccc1-2. The second-order valence-electron chi connectivity index (χ2n) is 19.8. The quantitative estimate of drug-likeness (QED) is 0.128. The molecule has 0 aromatic heterocycles. The highest BCUT2D eigenvalue weighted by Crippen LogP contribution is 2.74. The molecule has 4 aliphatic heterocycles. The molecule has 1 saturated carbocycles. The lowest BCUT2D eigenvalue weighted by Gasteiger charge is -2.47. The predicted molar refractivity (Wildman–Crippen MR) is 280 cm³/mol. The highest BCUT2D eigenvalue weighted by Gasteiger charge is 2.49. The van der Waals surface area contributed by atoms with E-state index in [1.807, 2.05) is 0 Å². The maximum atomic E-state index is 2.63. The minimum atomic E-state index is -1.79. The van der Waals surface area contributed by atoms with Crippen molar-refractivity contribution in [3.05, 3.63) is 192 Å². The number of rotatable bonds is 4. The molecule has 0 N–H and O–H groups in total.